The molecule has 0 aromatic carbocycles. The van der Waals surface area contributed by atoms with E-state index >= 15 is 0 Å². The molecule has 1 unspecified atom stereocenters. The summed E-state index contributed by atoms with van der Waals surface area (Å²) < 4.78 is 11.1. The normalized spacial score (nSPS) is 22.3. The fourth-order valence-electron chi connectivity index (χ4n) is 2.60. The standard InChI is InChI=1S/C14H29NO3/c1-3-17-14(18-4-2)9-11-15-10-7-5-6-8-13(15)12-16/h13-14,16H,3-12H2,1-2H3. The van der Waals surface area contributed by atoms with Crippen molar-refractivity contribution < 1.29 is 14.6 Å². The van der Waals surface area contributed by atoms with Gasteiger partial charge in [0.25, 0.3) is 0 Å². The number of hydrogen-bond donors (Lipinski definition) is 1. The predicted molar refractivity (Wildman–Crippen MR) is 72.6 cm³/mol. The van der Waals surface area contributed by atoms with E-state index in [2.05, 4.69) is 4.90 Å². The fraction of sp³-hybridized carbons (Fsp3) is 1.00. The smallest absolute Gasteiger partial charge is 0.158 e. The van der Waals surface area contributed by atoms with Crippen molar-refractivity contribution in [2.24, 2.45) is 0 Å². The van der Waals surface area contributed by atoms with Crippen molar-refractivity contribution in [3.8, 4) is 0 Å². The van der Waals surface area contributed by atoms with Crippen LogP contribution in [0.2, 0.25) is 0 Å². The van der Waals surface area contributed by atoms with Gasteiger partial charge in [-0.05, 0) is 33.2 Å². The van der Waals surface area contributed by atoms with Crippen LogP contribution in [0.4, 0.5) is 0 Å². The Morgan fingerprint density at radius 1 is 1.17 bits per heavy atom. The number of ether oxygens (including phenoxy) is 2. The molecule has 1 N–H and O–H groups in total. The Kier molecular flexibility index (Phi) is 8.59. The van der Waals surface area contributed by atoms with Crippen molar-refractivity contribution in [1.29, 1.82) is 0 Å². The first-order valence-electron chi connectivity index (χ1n) is 7.39. The maximum Gasteiger partial charge on any atom is 0.158 e. The molecule has 0 amide bonds. The van der Waals surface area contributed by atoms with Gasteiger partial charge in [0.2, 0.25) is 0 Å². The van der Waals surface area contributed by atoms with Gasteiger partial charge in [0.15, 0.2) is 6.29 Å². The summed E-state index contributed by atoms with van der Waals surface area (Å²) in [4.78, 5) is 2.40. The highest BCUT2D eigenvalue weighted by Crippen LogP contribution is 2.17. The molecule has 1 atom stereocenters. The second-order valence-corrected chi connectivity index (χ2v) is 4.85. The first-order valence-corrected chi connectivity index (χ1v) is 7.39. The lowest BCUT2D eigenvalue weighted by Crippen LogP contribution is -2.39. The molecule has 1 fully saturated rings. The quantitative estimate of drug-likeness (QED) is 0.677. The van der Waals surface area contributed by atoms with E-state index in [4.69, 9.17) is 9.47 Å². The molecular weight excluding hydrogens is 230 g/mol. The van der Waals surface area contributed by atoms with Gasteiger partial charge in [-0.25, -0.2) is 0 Å². The van der Waals surface area contributed by atoms with E-state index in [-0.39, 0.29) is 12.9 Å². The number of rotatable bonds is 8. The summed E-state index contributed by atoms with van der Waals surface area (Å²) >= 11 is 0. The average molecular weight is 259 g/mol. The molecule has 0 bridgehead atoms. The maximum absolute atomic E-state index is 9.45. The number of hydrogen-bond acceptors (Lipinski definition) is 4. The van der Waals surface area contributed by atoms with Crippen LogP contribution in [-0.4, -0.2) is 55.2 Å². The number of likely N-dealkylation sites (tertiary alicyclic amines) is 1. The highest BCUT2D eigenvalue weighted by atomic mass is 16.7. The summed E-state index contributed by atoms with van der Waals surface area (Å²) in [6.07, 6.45) is 5.67. The van der Waals surface area contributed by atoms with E-state index in [1.807, 2.05) is 13.8 Å². The molecule has 4 heteroatoms. The first kappa shape index (κ1) is 15.9. The van der Waals surface area contributed by atoms with Crippen LogP contribution in [0.5, 0.6) is 0 Å². The van der Waals surface area contributed by atoms with E-state index < -0.39 is 0 Å². The van der Waals surface area contributed by atoms with Crippen molar-refractivity contribution in [3.05, 3.63) is 0 Å². The topological polar surface area (TPSA) is 41.9 Å². The van der Waals surface area contributed by atoms with E-state index in [1.54, 1.807) is 0 Å². The minimum absolute atomic E-state index is 0.0948. The van der Waals surface area contributed by atoms with E-state index in [9.17, 15) is 5.11 Å². The van der Waals surface area contributed by atoms with Crippen LogP contribution in [0.3, 0.4) is 0 Å². The van der Waals surface area contributed by atoms with Crippen molar-refractivity contribution >= 4 is 0 Å². The van der Waals surface area contributed by atoms with Gasteiger partial charge in [0, 0.05) is 32.2 Å². The molecule has 4 nitrogen and oxygen atoms in total. The molecule has 0 aliphatic carbocycles. The molecule has 18 heavy (non-hydrogen) atoms. The first-order chi connectivity index (χ1) is 8.81. The second kappa shape index (κ2) is 9.73. The number of aliphatic hydroxyl groups is 1. The highest BCUT2D eigenvalue weighted by molar-refractivity contribution is 4.74. The number of nitrogens with zero attached hydrogens (tertiary/aromatic N) is 1. The summed E-state index contributed by atoms with van der Waals surface area (Å²) in [6.45, 7) is 7.69. The Morgan fingerprint density at radius 2 is 1.89 bits per heavy atom. The van der Waals surface area contributed by atoms with Gasteiger partial charge >= 0.3 is 0 Å². The lowest BCUT2D eigenvalue weighted by atomic mass is 10.1. The summed E-state index contributed by atoms with van der Waals surface area (Å²) in [5, 5.41) is 9.45. The zero-order valence-corrected chi connectivity index (χ0v) is 11.9. The molecule has 0 aromatic rings. The van der Waals surface area contributed by atoms with Gasteiger partial charge in [0.1, 0.15) is 0 Å². The predicted octanol–water partition coefficient (Wildman–Crippen LogP) is 2.01. The van der Waals surface area contributed by atoms with Crippen LogP contribution >= 0.6 is 0 Å². The van der Waals surface area contributed by atoms with Crippen LogP contribution < -0.4 is 0 Å². The molecule has 1 saturated heterocycles. The van der Waals surface area contributed by atoms with Crippen molar-refractivity contribution in [2.45, 2.75) is 58.3 Å². The molecule has 0 saturated carbocycles. The van der Waals surface area contributed by atoms with E-state index in [0.29, 0.717) is 19.3 Å². The lowest BCUT2D eigenvalue weighted by molar-refractivity contribution is -0.142. The van der Waals surface area contributed by atoms with Crippen LogP contribution in [0.1, 0.15) is 46.0 Å². The molecule has 0 radical (unpaired) electrons. The number of aliphatic hydroxyl groups excluding tert-OH is 1. The zero-order chi connectivity index (χ0) is 13.2. The Hall–Kier alpha value is -0.160. The van der Waals surface area contributed by atoms with Crippen molar-refractivity contribution in [3.63, 3.8) is 0 Å². The van der Waals surface area contributed by atoms with E-state index in [0.717, 1.165) is 25.9 Å². The van der Waals surface area contributed by atoms with Crippen molar-refractivity contribution in [2.75, 3.05) is 32.9 Å². The van der Waals surface area contributed by atoms with E-state index in [1.165, 1.54) is 19.3 Å². The third-order valence-electron chi connectivity index (χ3n) is 3.57. The van der Waals surface area contributed by atoms with Crippen molar-refractivity contribution in [1.82, 2.24) is 4.90 Å². The molecule has 108 valence electrons. The summed E-state index contributed by atoms with van der Waals surface area (Å²) in [5.74, 6) is 0. The van der Waals surface area contributed by atoms with Gasteiger partial charge < -0.3 is 14.6 Å². The largest absolute Gasteiger partial charge is 0.395 e. The van der Waals surface area contributed by atoms with Crippen LogP contribution in [-0.2, 0) is 9.47 Å². The monoisotopic (exact) mass is 259 g/mol. The highest BCUT2D eigenvalue weighted by Gasteiger charge is 2.21. The minimum Gasteiger partial charge on any atom is -0.395 e. The Labute approximate surface area is 111 Å². The SMILES string of the molecule is CCOC(CCN1CCCCCC1CO)OCC. The average Bonchev–Trinajstić information content (AvgIpc) is 2.61. The Balaban J connectivity index is 2.37. The lowest BCUT2D eigenvalue weighted by Gasteiger charge is -2.29. The molecule has 0 spiro atoms. The molecular formula is C14H29NO3. The summed E-state index contributed by atoms with van der Waals surface area (Å²) in [7, 11) is 0. The molecule has 1 rings (SSSR count). The van der Waals surface area contributed by atoms with Gasteiger partial charge in [0.05, 0.1) is 6.61 Å². The van der Waals surface area contributed by atoms with Crippen LogP contribution in [0.15, 0.2) is 0 Å². The third-order valence-corrected chi connectivity index (χ3v) is 3.57. The summed E-state index contributed by atoms with van der Waals surface area (Å²) in [5.41, 5.74) is 0. The Bertz CT molecular complexity index is 195. The molecule has 1 aliphatic rings. The van der Waals surface area contributed by atoms with Gasteiger partial charge in [-0.15, -0.1) is 0 Å². The maximum atomic E-state index is 9.45. The van der Waals surface area contributed by atoms with Gasteiger partial charge in [-0.2, -0.15) is 0 Å². The van der Waals surface area contributed by atoms with Crippen LogP contribution in [0, 0.1) is 0 Å². The second-order valence-electron chi connectivity index (χ2n) is 4.85. The molecule has 1 aliphatic heterocycles. The van der Waals surface area contributed by atoms with Gasteiger partial charge in [-0.3, -0.25) is 4.90 Å². The molecule has 0 aromatic heterocycles. The van der Waals surface area contributed by atoms with Gasteiger partial charge in [-0.1, -0.05) is 12.8 Å². The third kappa shape index (κ3) is 5.65. The molecule has 1 heterocycles. The Morgan fingerprint density at radius 3 is 2.50 bits per heavy atom. The summed E-state index contributed by atoms with van der Waals surface area (Å²) in [6, 6.07) is 0.330. The van der Waals surface area contributed by atoms with Crippen LogP contribution in [0.25, 0.3) is 0 Å². The fourth-order valence-corrected chi connectivity index (χ4v) is 2.60. The minimum atomic E-state index is -0.0948. The zero-order valence-electron chi connectivity index (χ0n) is 11.9.